The van der Waals surface area contributed by atoms with Gasteiger partial charge in [-0.25, -0.2) is 0 Å². The van der Waals surface area contributed by atoms with Crippen molar-refractivity contribution in [3.05, 3.63) is 0 Å². The van der Waals surface area contributed by atoms with Gasteiger partial charge in [0.25, 0.3) is 0 Å². The topological polar surface area (TPSA) is 24.5 Å². The second kappa shape index (κ2) is 6.46. The Bertz CT molecular complexity index is 165. The summed E-state index contributed by atoms with van der Waals surface area (Å²) in [6.07, 6.45) is 0. The third-order valence-corrected chi connectivity index (χ3v) is 3.40. The lowest BCUT2D eigenvalue weighted by atomic mass is 10.0. The SMILES string of the molecule is COCC(C)NCCN1CC(C)C(C)C1. The van der Waals surface area contributed by atoms with Crippen molar-refractivity contribution in [1.82, 2.24) is 10.2 Å². The van der Waals surface area contributed by atoms with Crippen molar-refractivity contribution in [3.63, 3.8) is 0 Å². The Kier molecular flexibility index (Phi) is 5.58. The summed E-state index contributed by atoms with van der Waals surface area (Å²) in [5.41, 5.74) is 0. The van der Waals surface area contributed by atoms with Gasteiger partial charge >= 0.3 is 0 Å². The average molecular weight is 214 g/mol. The molecular weight excluding hydrogens is 188 g/mol. The first-order chi connectivity index (χ1) is 7.13. The minimum absolute atomic E-state index is 0.465. The van der Waals surface area contributed by atoms with Gasteiger partial charge in [0.15, 0.2) is 0 Å². The molecule has 1 fully saturated rings. The summed E-state index contributed by atoms with van der Waals surface area (Å²) in [4.78, 5) is 2.56. The van der Waals surface area contributed by atoms with Crippen LogP contribution in [0.2, 0.25) is 0 Å². The zero-order valence-corrected chi connectivity index (χ0v) is 10.6. The second-order valence-electron chi connectivity index (χ2n) is 5.02. The Balaban J connectivity index is 2.06. The summed E-state index contributed by atoms with van der Waals surface area (Å²) >= 11 is 0. The molecule has 0 bridgehead atoms. The number of likely N-dealkylation sites (tertiary alicyclic amines) is 1. The van der Waals surface area contributed by atoms with E-state index in [-0.39, 0.29) is 0 Å². The molecule has 3 heteroatoms. The molecule has 1 aliphatic rings. The minimum atomic E-state index is 0.465. The van der Waals surface area contributed by atoms with E-state index < -0.39 is 0 Å². The number of hydrogen-bond donors (Lipinski definition) is 1. The largest absolute Gasteiger partial charge is 0.383 e. The summed E-state index contributed by atoms with van der Waals surface area (Å²) < 4.78 is 5.08. The number of methoxy groups -OCH3 is 1. The number of ether oxygens (including phenoxy) is 1. The first kappa shape index (κ1) is 12.9. The van der Waals surface area contributed by atoms with E-state index >= 15 is 0 Å². The summed E-state index contributed by atoms with van der Waals surface area (Å²) in [7, 11) is 1.75. The van der Waals surface area contributed by atoms with E-state index in [0.29, 0.717) is 6.04 Å². The molecule has 1 saturated heterocycles. The molecule has 15 heavy (non-hydrogen) atoms. The van der Waals surface area contributed by atoms with Gasteiger partial charge in [-0.2, -0.15) is 0 Å². The van der Waals surface area contributed by atoms with E-state index in [2.05, 4.69) is 31.0 Å². The molecule has 3 unspecified atom stereocenters. The van der Waals surface area contributed by atoms with Crippen LogP contribution in [0.15, 0.2) is 0 Å². The molecule has 1 aliphatic heterocycles. The van der Waals surface area contributed by atoms with E-state index in [1.165, 1.54) is 19.6 Å². The predicted molar refractivity (Wildman–Crippen MR) is 64.1 cm³/mol. The van der Waals surface area contributed by atoms with Crippen LogP contribution in [0.3, 0.4) is 0 Å². The molecule has 0 aromatic rings. The fourth-order valence-corrected chi connectivity index (χ4v) is 2.21. The molecule has 0 aromatic heterocycles. The average Bonchev–Trinajstić information content (AvgIpc) is 2.46. The highest BCUT2D eigenvalue weighted by Crippen LogP contribution is 2.21. The Labute approximate surface area is 94.2 Å². The minimum Gasteiger partial charge on any atom is -0.383 e. The van der Waals surface area contributed by atoms with Crippen molar-refractivity contribution >= 4 is 0 Å². The third-order valence-electron chi connectivity index (χ3n) is 3.40. The van der Waals surface area contributed by atoms with E-state index in [1.807, 2.05) is 0 Å². The standard InChI is InChI=1S/C12H26N2O/c1-10-7-14(8-11(10)2)6-5-13-12(3)9-15-4/h10-13H,5-9H2,1-4H3. The molecule has 1 N–H and O–H groups in total. The predicted octanol–water partition coefficient (Wildman–Crippen LogP) is 1.20. The molecule has 0 aromatic carbocycles. The maximum absolute atomic E-state index is 5.08. The van der Waals surface area contributed by atoms with Gasteiger partial charge in [-0.05, 0) is 18.8 Å². The van der Waals surface area contributed by atoms with Crippen LogP contribution in [0.4, 0.5) is 0 Å². The monoisotopic (exact) mass is 214 g/mol. The van der Waals surface area contributed by atoms with E-state index in [4.69, 9.17) is 4.74 Å². The smallest absolute Gasteiger partial charge is 0.0613 e. The van der Waals surface area contributed by atoms with Crippen LogP contribution in [0.1, 0.15) is 20.8 Å². The van der Waals surface area contributed by atoms with Crippen LogP contribution in [0.5, 0.6) is 0 Å². The summed E-state index contributed by atoms with van der Waals surface area (Å²) in [5, 5.41) is 3.47. The lowest BCUT2D eigenvalue weighted by Crippen LogP contribution is -2.37. The fourth-order valence-electron chi connectivity index (χ4n) is 2.21. The van der Waals surface area contributed by atoms with Crippen molar-refractivity contribution in [1.29, 1.82) is 0 Å². The van der Waals surface area contributed by atoms with Crippen molar-refractivity contribution < 1.29 is 4.74 Å². The second-order valence-corrected chi connectivity index (χ2v) is 5.02. The maximum atomic E-state index is 5.08. The van der Waals surface area contributed by atoms with Gasteiger partial charge in [-0.3, -0.25) is 0 Å². The third kappa shape index (κ3) is 4.49. The molecular formula is C12H26N2O. The summed E-state index contributed by atoms with van der Waals surface area (Å²) in [6.45, 7) is 12.4. The van der Waals surface area contributed by atoms with Gasteiger partial charge in [0.1, 0.15) is 0 Å². The molecule has 0 saturated carbocycles. The Morgan fingerprint density at radius 3 is 2.47 bits per heavy atom. The van der Waals surface area contributed by atoms with Crippen LogP contribution in [0, 0.1) is 11.8 Å². The van der Waals surface area contributed by atoms with Gasteiger partial charge < -0.3 is 15.0 Å². The molecule has 90 valence electrons. The van der Waals surface area contributed by atoms with E-state index in [1.54, 1.807) is 7.11 Å². The normalized spacial score (nSPS) is 29.6. The van der Waals surface area contributed by atoms with Crippen molar-refractivity contribution in [2.24, 2.45) is 11.8 Å². The highest BCUT2D eigenvalue weighted by Gasteiger charge is 2.25. The fraction of sp³-hybridized carbons (Fsp3) is 1.00. The lowest BCUT2D eigenvalue weighted by molar-refractivity contribution is 0.170. The van der Waals surface area contributed by atoms with Crippen molar-refractivity contribution in [3.8, 4) is 0 Å². The number of nitrogens with zero attached hydrogens (tertiary/aromatic N) is 1. The van der Waals surface area contributed by atoms with Crippen LogP contribution >= 0.6 is 0 Å². The molecule has 0 spiro atoms. The molecule has 3 atom stereocenters. The van der Waals surface area contributed by atoms with Gasteiger partial charge in [0.05, 0.1) is 6.61 Å². The first-order valence-corrected chi connectivity index (χ1v) is 6.08. The molecule has 1 heterocycles. The zero-order chi connectivity index (χ0) is 11.3. The molecule has 0 radical (unpaired) electrons. The van der Waals surface area contributed by atoms with Crippen molar-refractivity contribution in [2.75, 3.05) is 39.9 Å². The van der Waals surface area contributed by atoms with Crippen LogP contribution < -0.4 is 5.32 Å². The molecule has 3 nitrogen and oxygen atoms in total. The number of rotatable bonds is 6. The van der Waals surface area contributed by atoms with Crippen LogP contribution in [0.25, 0.3) is 0 Å². The molecule has 1 rings (SSSR count). The summed E-state index contributed by atoms with van der Waals surface area (Å²) in [5.74, 6) is 1.72. The Hall–Kier alpha value is -0.120. The highest BCUT2D eigenvalue weighted by molar-refractivity contribution is 4.78. The molecule has 0 aliphatic carbocycles. The summed E-state index contributed by atoms with van der Waals surface area (Å²) in [6, 6.07) is 0.465. The van der Waals surface area contributed by atoms with Crippen LogP contribution in [-0.4, -0.2) is 50.8 Å². The van der Waals surface area contributed by atoms with Gasteiger partial charge in [-0.1, -0.05) is 13.8 Å². The van der Waals surface area contributed by atoms with E-state index in [9.17, 15) is 0 Å². The maximum Gasteiger partial charge on any atom is 0.0613 e. The van der Waals surface area contributed by atoms with E-state index in [0.717, 1.165) is 25.0 Å². The zero-order valence-electron chi connectivity index (χ0n) is 10.6. The van der Waals surface area contributed by atoms with Gasteiger partial charge in [0.2, 0.25) is 0 Å². The molecule has 0 amide bonds. The number of nitrogens with one attached hydrogen (secondary N) is 1. The highest BCUT2D eigenvalue weighted by atomic mass is 16.5. The van der Waals surface area contributed by atoms with Crippen LogP contribution in [-0.2, 0) is 4.74 Å². The Morgan fingerprint density at radius 2 is 1.93 bits per heavy atom. The quantitative estimate of drug-likeness (QED) is 0.719. The first-order valence-electron chi connectivity index (χ1n) is 6.08. The lowest BCUT2D eigenvalue weighted by Gasteiger charge is -2.18. The number of hydrogen-bond acceptors (Lipinski definition) is 3. The van der Waals surface area contributed by atoms with Crippen molar-refractivity contribution in [2.45, 2.75) is 26.8 Å². The Morgan fingerprint density at radius 1 is 1.33 bits per heavy atom. The van der Waals surface area contributed by atoms with Gasteiger partial charge in [-0.15, -0.1) is 0 Å². The van der Waals surface area contributed by atoms with Gasteiger partial charge in [0, 0.05) is 39.3 Å².